The molecule has 1 aromatic carbocycles. The van der Waals surface area contributed by atoms with Crippen molar-refractivity contribution < 1.29 is 23.8 Å². The molecule has 0 N–H and O–H groups in total. The second-order valence-electron chi connectivity index (χ2n) is 7.06. The molecule has 2 aliphatic rings. The summed E-state index contributed by atoms with van der Waals surface area (Å²) in [6.45, 7) is 0.115. The lowest BCUT2D eigenvalue weighted by Gasteiger charge is -2.25. The van der Waals surface area contributed by atoms with Crippen LogP contribution in [-0.2, 0) is 22.4 Å². The zero-order valence-corrected chi connectivity index (χ0v) is 14.9. The fraction of sp³-hybridized carbons (Fsp3) is 0.450. The standard InChI is InChI=1S/C20H21NO6/c22-18(21-9-3-6-16(21)19(23)24)11-26-12-7-8-14-13-4-1-2-5-15(13)20(25)27-17(14)10-12/h7-8,10,16H,1-6,9,11H2,(H,23,24)/p-1/t16-/m0/s1. The minimum Gasteiger partial charge on any atom is -0.548 e. The SMILES string of the molecule is O=C([O-])[C@@H]1CCCN1C(=O)COc1ccc2c3c(c(=O)oc2c1)CCCC3. The van der Waals surface area contributed by atoms with Gasteiger partial charge in [-0.15, -0.1) is 0 Å². The highest BCUT2D eigenvalue weighted by molar-refractivity contribution is 5.85. The van der Waals surface area contributed by atoms with Crippen LogP contribution in [0.5, 0.6) is 5.75 Å². The van der Waals surface area contributed by atoms with Gasteiger partial charge in [-0.3, -0.25) is 4.79 Å². The van der Waals surface area contributed by atoms with Crippen LogP contribution in [-0.4, -0.2) is 36.0 Å². The first-order chi connectivity index (χ1) is 13.0. The van der Waals surface area contributed by atoms with E-state index in [1.54, 1.807) is 12.1 Å². The van der Waals surface area contributed by atoms with Crippen molar-refractivity contribution in [2.45, 2.75) is 44.6 Å². The lowest BCUT2D eigenvalue weighted by atomic mass is 9.91. The van der Waals surface area contributed by atoms with Gasteiger partial charge in [0.15, 0.2) is 6.61 Å². The molecule has 0 unspecified atom stereocenters. The second-order valence-corrected chi connectivity index (χ2v) is 7.06. The number of carboxylic acid groups (broad SMARTS) is 1. The first-order valence-electron chi connectivity index (χ1n) is 9.26. The average Bonchev–Trinajstić information content (AvgIpc) is 3.16. The number of aliphatic carboxylic acids is 1. The van der Waals surface area contributed by atoms with Gasteiger partial charge in [0, 0.05) is 23.6 Å². The van der Waals surface area contributed by atoms with Crippen LogP contribution in [0.4, 0.5) is 0 Å². The number of hydrogen-bond acceptors (Lipinski definition) is 6. The summed E-state index contributed by atoms with van der Waals surface area (Å²) in [4.78, 5) is 36.9. The molecule has 27 heavy (non-hydrogen) atoms. The lowest BCUT2D eigenvalue weighted by Crippen LogP contribution is -2.48. The Morgan fingerprint density at radius 1 is 1.19 bits per heavy atom. The van der Waals surface area contributed by atoms with Crippen molar-refractivity contribution in [3.63, 3.8) is 0 Å². The number of carboxylic acids is 1. The highest BCUT2D eigenvalue weighted by Crippen LogP contribution is 2.29. The van der Waals surface area contributed by atoms with E-state index < -0.39 is 17.9 Å². The molecule has 1 aliphatic carbocycles. The van der Waals surface area contributed by atoms with Gasteiger partial charge in [-0.1, -0.05) is 0 Å². The van der Waals surface area contributed by atoms with Gasteiger partial charge in [0.05, 0.1) is 12.0 Å². The molecule has 142 valence electrons. The van der Waals surface area contributed by atoms with E-state index in [0.29, 0.717) is 30.7 Å². The van der Waals surface area contributed by atoms with Crippen molar-refractivity contribution in [2.24, 2.45) is 0 Å². The molecular formula is C20H20NO6-. The monoisotopic (exact) mass is 370 g/mol. The van der Waals surface area contributed by atoms with Gasteiger partial charge in [0.25, 0.3) is 5.91 Å². The largest absolute Gasteiger partial charge is 0.548 e. The van der Waals surface area contributed by atoms with Gasteiger partial charge < -0.3 is 24.0 Å². The number of aryl methyl sites for hydroxylation is 1. The molecule has 1 aromatic heterocycles. The number of benzene rings is 1. The van der Waals surface area contributed by atoms with E-state index in [-0.39, 0.29) is 12.2 Å². The first-order valence-corrected chi connectivity index (χ1v) is 9.26. The maximum Gasteiger partial charge on any atom is 0.339 e. The molecule has 7 nitrogen and oxygen atoms in total. The summed E-state index contributed by atoms with van der Waals surface area (Å²) >= 11 is 0. The quantitative estimate of drug-likeness (QED) is 0.738. The normalized spacial score (nSPS) is 19.1. The molecule has 1 amide bonds. The first kappa shape index (κ1) is 17.6. The van der Waals surface area contributed by atoms with Crippen LogP contribution in [0.15, 0.2) is 27.4 Å². The van der Waals surface area contributed by atoms with Gasteiger partial charge in [-0.2, -0.15) is 0 Å². The Kier molecular flexibility index (Phi) is 4.59. The topological polar surface area (TPSA) is 99.9 Å². The van der Waals surface area contributed by atoms with Crippen molar-refractivity contribution in [3.8, 4) is 5.75 Å². The van der Waals surface area contributed by atoms with E-state index >= 15 is 0 Å². The van der Waals surface area contributed by atoms with Crippen molar-refractivity contribution in [1.82, 2.24) is 4.90 Å². The third-order valence-corrected chi connectivity index (χ3v) is 5.40. The highest BCUT2D eigenvalue weighted by atomic mass is 16.5. The number of likely N-dealkylation sites (tertiary alicyclic amines) is 1. The molecule has 4 rings (SSSR count). The molecule has 0 saturated carbocycles. The molecule has 2 aromatic rings. The number of ether oxygens (including phenoxy) is 1. The molecule has 1 saturated heterocycles. The maximum absolute atomic E-state index is 12.3. The zero-order valence-electron chi connectivity index (χ0n) is 14.9. The summed E-state index contributed by atoms with van der Waals surface area (Å²) in [6, 6.07) is 4.31. The maximum atomic E-state index is 12.3. The van der Waals surface area contributed by atoms with Crippen LogP contribution in [0.1, 0.15) is 36.8 Å². The Hall–Kier alpha value is -2.83. The van der Waals surface area contributed by atoms with Crippen LogP contribution < -0.4 is 15.5 Å². The van der Waals surface area contributed by atoms with Crippen molar-refractivity contribution in [2.75, 3.05) is 13.2 Å². The Labute approximate surface area is 155 Å². The Morgan fingerprint density at radius 3 is 2.74 bits per heavy atom. The molecule has 1 atom stereocenters. The zero-order chi connectivity index (χ0) is 19.0. The van der Waals surface area contributed by atoms with Crippen molar-refractivity contribution in [3.05, 3.63) is 39.7 Å². The van der Waals surface area contributed by atoms with E-state index in [4.69, 9.17) is 9.15 Å². The molecule has 1 fully saturated rings. The lowest BCUT2D eigenvalue weighted by molar-refractivity contribution is -0.310. The van der Waals surface area contributed by atoms with Crippen molar-refractivity contribution in [1.29, 1.82) is 0 Å². The van der Waals surface area contributed by atoms with Gasteiger partial charge in [0.1, 0.15) is 11.3 Å². The van der Waals surface area contributed by atoms with E-state index in [0.717, 1.165) is 42.2 Å². The fourth-order valence-corrected chi connectivity index (χ4v) is 4.05. The fourth-order valence-electron chi connectivity index (χ4n) is 4.05. The van der Waals surface area contributed by atoms with Gasteiger partial charge in [-0.25, -0.2) is 4.79 Å². The van der Waals surface area contributed by atoms with Crippen LogP contribution in [0.3, 0.4) is 0 Å². The number of fused-ring (bicyclic) bond motifs is 3. The highest BCUT2D eigenvalue weighted by Gasteiger charge is 2.29. The molecule has 0 radical (unpaired) electrons. The number of carbonyl (C=O) groups is 2. The summed E-state index contributed by atoms with van der Waals surface area (Å²) in [7, 11) is 0. The third kappa shape index (κ3) is 3.29. The summed E-state index contributed by atoms with van der Waals surface area (Å²) in [5.74, 6) is -1.23. The predicted molar refractivity (Wildman–Crippen MR) is 94.4 cm³/mol. The van der Waals surface area contributed by atoms with E-state index in [2.05, 4.69) is 0 Å². The summed E-state index contributed by atoms with van der Waals surface area (Å²) in [6.07, 6.45) is 4.69. The summed E-state index contributed by atoms with van der Waals surface area (Å²) in [5, 5.41) is 12.0. The molecule has 0 spiro atoms. The molecule has 1 aliphatic heterocycles. The summed E-state index contributed by atoms with van der Waals surface area (Å²) in [5.41, 5.74) is 1.95. The van der Waals surface area contributed by atoms with Gasteiger partial charge in [-0.05, 0) is 56.2 Å². The Morgan fingerprint density at radius 2 is 1.96 bits per heavy atom. The van der Waals surface area contributed by atoms with E-state index in [9.17, 15) is 19.5 Å². The number of carbonyl (C=O) groups excluding carboxylic acids is 2. The van der Waals surface area contributed by atoms with Gasteiger partial charge in [0.2, 0.25) is 0 Å². The van der Waals surface area contributed by atoms with E-state index in [1.165, 1.54) is 4.90 Å². The van der Waals surface area contributed by atoms with Crippen LogP contribution in [0.25, 0.3) is 11.0 Å². The minimum absolute atomic E-state index is 0.273. The summed E-state index contributed by atoms with van der Waals surface area (Å²) < 4.78 is 11.0. The number of nitrogens with zero attached hydrogens (tertiary/aromatic N) is 1. The Bertz CT molecular complexity index is 963. The Balaban J connectivity index is 1.52. The molecule has 0 bridgehead atoms. The van der Waals surface area contributed by atoms with Crippen molar-refractivity contribution >= 4 is 22.8 Å². The molecular weight excluding hydrogens is 350 g/mol. The van der Waals surface area contributed by atoms with Crippen LogP contribution in [0.2, 0.25) is 0 Å². The molecule has 7 heteroatoms. The number of rotatable bonds is 4. The number of hydrogen-bond donors (Lipinski definition) is 0. The van der Waals surface area contributed by atoms with Gasteiger partial charge >= 0.3 is 5.63 Å². The van der Waals surface area contributed by atoms with Crippen LogP contribution >= 0.6 is 0 Å². The smallest absolute Gasteiger partial charge is 0.339 e. The average molecular weight is 370 g/mol. The second kappa shape index (κ2) is 7.06. The molecule has 2 heterocycles. The van der Waals surface area contributed by atoms with Crippen LogP contribution in [0, 0.1) is 0 Å². The minimum atomic E-state index is -1.24. The number of amides is 1. The predicted octanol–water partition coefficient (Wildman–Crippen LogP) is 0.791. The third-order valence-electron chi connectivity index (χ3n) is 5.40. The van der Waals surface area contributed by atoms with E-state index in [1.807, 2.05) is 6.07 Å².